The van der Waals surface area contributed by atoms with Gasteiger partial charge in [0.15, 0.2) is 0 Å². The number of nitro benzene ring substituents is 1. The summed E-state index contributed by atoms with van der Waals surface area (Å²) >= 11 is 3.16. The number of esters is 1. The molecule has 0 radical (unpaired) electrons. The summed E-state index contributed by atoms with van der Waals surface area (Å²) in [5.41, 5.74) is -0.219. The van der Waals surface area contributed by atoms with Crippen LogP contribution in [-0.4, -0.2) is 37.3 Å². The molecule has 1 aromatic carbocycles. The molecular formula is C13H17BrN2O6S. The molecule has 0 amide bonds. The van der Waals surface area contributed by atoms with Gasteiger partial charge in [-0.05, 0) is 25.0 Å². The first kappa shape index (κ1) is 19.5. The second-order valence-electron chi connectivity index (χ2n) is 4.57. The molecule has 0 aliphatic carbocycles. The number of halogens is 1. The fourth-order valence-electron chi connectivity index (χ4n) is 1.64. The maximum absolute atomic E-state index is 12.3. The van der Waals surface area contributed by atoms with E-state index in [1.54, 1.807) is 0 Å². The van der Waals surface area contributed by atoms with Crippen LogP contribution in [0, 0.1) is 10.1 Å². The Bertz CT molecular complexity index is 647. The Morgan fingerprint density at radius 2 is 2.00 bits per heavy atom. The molecule has 0 heterocycles. The molecule has 0 bridgehead atoms. The van der Waals surface area contributed by atoms with Gasteiger partial charge in [-0.2, -0.15) is 4.72 Å². The van der Waals surface area contributed by atoms with Crippen LogP contribution in [0.15, 0.2) is 29.2 Å². The number of sulfonamides is 1. The molecule has 1 aromatic rings. The van der Waals surface area contributed by atoms with E-state index in [1.807, 2.05) is 6.92 Å². The average Bonchev–Trinajstić information content (AvgIpc) is 2.52. The van der Waals surface area contributed by atoms with Gasteiger partial charge in [0.1, 0.15) is 6.04 Å². The standard InChI is InChI=1S/C13H17BrN2O6S/c1-2-9-22-13(17)12(7-8-14)15-23(20,21)11-5-3-10(4-6-11)16(18)19/h3-6,12,15H,2,7-9H2,1H3/t12-/m1/s1. The van der Waals surface area contributed by atoms with Crippen LogP contribution in [0.25, 0.3) is 0 Å². The lowest BCUT2D eigenvalue weighted by molar-refractivity contribution is -0.384. The number of nitrogens with zero attached hydrogens (tertiary/aromatic N) is 1. The van der Waals surface area contributed by atoms with E-state index >= 15 is 0 Å². The number of rotatable bonds is 9. The van der Waals surface area contributed by atoms with Gasteiger partial charge >= 0.3 is 5.97 Å². The van der Waals surface area contributed by atoms with Crippen molar-refractivity contribution in [3.63, 3.8) is 0 Å². The predicted octanol–water partition coefficient (Wildman–Crippen LogP) is 1.98. The van der Waals surface area contributed by atoms with Crippen LogP contribution >= 0.6 is 15.9 Å². The van der Waals surface area contributed by atoms with E-state index in [-0.39, 0.29) is 23.6 Å². The highest BCUT2D eigenvalue weighted by Gasteiger charge is 2.26. The molecule has 1 N–H and O–H groups in total. The minimum absolute atomic E-state index is 0.161. The molecule has 0 unspecified atom stereocenters. The van der Waals surface area contributed by atoms with E-state index in [0.717, 1.165) is 24.3 Å². The number of non-ortho nitro benzene ring substituents is 1. The molecule has 0 aromatic heterocycles. The number of carbonyl (C=O) groups is 1. The van der Waals surface area contributed by atoms with Gasteiger partial charge in [-0.25, -0.2) is 8.42 Å². The summed E-state index contributed by atoms with van der Waals surface area (Å²) in [6.45, 7) is 2.03. The molecule has 0 aliphatic heterocycles. The van der Waals surface area contributed by atoms with Crippen molar-refractivity contribution in [3.05, 3.63) is 34.4 Å². The Morgan fingerprint density at radius 3 is 2.48 bits per heavy atom. The monoisotopic (exact) mass is 408 g/mol. The molecule has 23 heavy (non-hydrogen) atoms. The average molecular weight is 409 g/mol. The number of hydrogen-bond acceptors (Lipinski definition) is 6. The normalized spacial score (nSPS) is 12.6. The molecular weight excluding hydrogens is 392 g/mol. The second kappa shape index (κ2) is 8.94. The maximum atomic E-state index is 12.3. The van der Waals surface area contributed by atoms with Gasteiger partial charge in [-0.15, -0.1) is 0 Å². The first-order valence-corrected chi connectivity index (χ1v) is 9.41. The predicted molar refractivity (Wildman–Crippen MR) is 86.9 cm³/mol. The molecule has 1 rings (SSSR count). The molecule has 0 aliphatic rings. The zero-order chi connectivity index (χ0) is 17.5. The Morgan fingerprint density at radius 1 is 1.39 bits per heavy atom. The smallest absolute Gasteiger partial charge is 0.324 e. The van der Waals surface area contributed by atoms with Crippen LogP contribution in [0.2, 0.25) is 0 Å². The maximum Gasteiger partial charge on any atom is 0.324 e. The summed E-state index contributed by atoms with van der Waals surface area (Å²) in [7, 11) is -3.99. The van der Waals surface area contributed by atoms with Crippen molar-refractivity contribution in [2.75, 3.05) is 11.9 Å². The molecule has 0 fully saturated rings. The largest absolute Gasteiger partial charge is 0.465 e. The summed E-state index contributed by atoms with van der Waals surface area (Å²) in [4.78, 5) is 21.7. The van der Waals surface area contributed by atoms with Crippen LogP contribution in [0.5, 0.6) is 0 Å². The fraction of sp³-hybridized carbons (Fsp3) is 0.462. The summed E-state index contributed by atoms with van der Waals surface area (Å²) in [5.74, 6) is -0.656. The summed E-state index contributed by atoms with van der Waals surface area (Å²) < 4.78 is 31.8. The highest BCUT2D eigenvalue weighted by molar-refractivity contribution is 9.09. The minimum atomic E-state index is -3.99. The topological polar surface area (TPSA) is 116 Å². The first-order valence-electron chi connectivity index (χ1n) is 6.81. The SMILES string of the molecule is CCCOC(=O)[C@@H](CCBr)NS(=O)(=O)c1ccc([N+](=O)[O-])cc1. The quantitative estimate of drug-likeness (QED) is 0.289. The van der Waals surface area contributed by atoms with Crippen LogP contribution in [-0.2, 0) is 19.6 Å². The van der Waals surface area contributed by atoms with Gasteiger partial charge in [-0.3, -0.25) is 14.9 Å². The molecule has 0 saturated carbocycles. The van der Waals surface area contributed by atoms with Crippen LogP contribution < -0.4 is 4.72 Å². The number of alkyl halides is 1. The highest BCUT2D eigenvalue weighted by atomic mass is 79.9. The second-order valence-corrected chi connectivity index (χ2v) is 7.08. The van der Waals surface area contributed by atoms with Crippen molar-refractivity contribution in [1.29, 1.82) is 0 Å². The summed E-state index contributed by atoms with van der Waals surface area (Å²) in [6.07, 6.45) is 0.844. The Labute approximate surface area is 142 Å². The lowest BCUT2D eigenvalue weighted by Gasteiger charge is -2.16. The Balaban J connectivity index is 2.92. The van der Waals surface area contributed by atoms with Crippen LogP contribution in [0.3, 0.4) is 0 Å². The summed E-state index contributed by atoms with van der Waals surface area (Å²) in [6, 6.07) is 3.38. The van der Waals surface area contributed by atoms with Crippen molar-refractivity contribution in [3.8, 4) is 0 Å². The number of ether oxygens (including phenoxy) is 1. The third-order valence-corrected chi connectivity index (χ3v) is 4.73. The molecule has 10 heteroatoms. The zero-order valence-electron chi connectivity index (χ0n) is 12.4. The van der Waals surface area contributed by atoms with Gasteiger partial charge < -0.3 is 4.74 Å². The lowest BCUT2D eigenvalue weighted by Crippen LogP contribution is -2.42. The molecule has 1 atom stereocenters. The van der Waals surface area contributed by atoms with E-state index in [9.17, 15) is 23.3 Å². The first-order chi connectivity index (χ1) is 10.8. The number of carbonyl (C=O) groups excluding carboxylic acids is 1. The highest BCUT2D eigenvalue weighted by Crippen LogP contribution is 2.16. The number of nitrogens with one attached hydrogen (secondary N) is 1. The number of benzene rings is 1. The summed E-state index contributed by atoms with van der Waals surface area (Å²) in [5, 5.41) is 11.0. The van der Waals surface area contributed by atoms with Crippen molar-refractivity contribution in [2.45, 2.75) is 30.7 Å². The van der Waals surface area contributed by atoms with Gasteiger partial charge in [-0.1, -0.05) is 22.9 Å². The van der Waals surface area contributed by atoms with Gasteiger partial charge in [0.05, 0.1) is 16.4 Å². The van der Waals surface area contributed by atoms with E-state index in [4.69, 9.17) is 4.74 Å². The number of hydrogen-bond donors (Lipinski definition) is 1. The molecule has 0 spiro atoms. The van der Waals surface area contributed by atoms with Crippen molar-refractivity contribution < 1.29 is 22.9 Å². The zero-order valence-corrected chi connectivity index (χ0v) is 14.8. The third-order valence-electron chi connectivity index (χ3n) is 2.79. The lowest BCUT2D eigenvalue weighted by atomic mass is 10.2. The Hall–Kier alpha value is -1.52. The van der Waals surface area contributed by atoms with Crippen LogP contribution in [0.1, 0.15) is 19.8 Å². The van der Waals surface area contributed by atoms with Crippen molar-refractivity contribution in [1.82, 2.24) is 4.72 Å². The van der Waals surface area contributed by atoms with Crippen molar-refractivity contribution in [2.24, 2.45) is 0 Å². The molecule has 8 nitrogen and oxygen atoms in total. The van der Waals surface area contributed by atoms with E-state index < -0.39 is 27.0 Å². The third kappa shape index (κ3) is 5.88. The van der Waals surface area contributed by atoms with Crippen LogP contribution in [0.4, 0.5) is 5.69 Å². The number of nitro groups is 1. The Kier molecular flexibility index (Phi) is 7.59. The van der Waals surface area contributed by atoms with Crippen molar-refractivity contribution >= 4 is 37.6 Å². The van der Waals surface area contributed by atoms with E-state index in [0.29, 0.717) is 11.8 Å². The molecule has 128 valence electrons. The minimum Gasteiger partial charge on any atom is -0.465 e. The van der Waals surface area contributed by atoms with Gasteiger partial charge in [0, 0.05) is 17.5 Å². The van der Waals surface area contributed by atoms with Gasteiger partial charge in [0.2, 0.25) is 10.0 Å². The fourth-order valence-corrected chi connectivity index (χ4v) is 3.32. The van der Waals surface area contributed by atoms with E-state index in [2.05, 4.69) is 20.7 Å². The van der Waals surface area contributed by atoms with E-state index in [1.165, 1.54) is 0 Å². The van der Waals surface area contributed by atoms with Gasteiger partial charge in [0.25, 0.3) is 5.69 Å². The molecule has 0 saturated heterocycles.